The molecule has 0 saturated carbocycles. The molecular weight excluding hydrogens is 346 g/mol. The maximum Gasteiger partial charge on any atom is 0.337 e. The Labute approximate surface area is 156 Å². The molecule has 1 N–H and O–H groups in total. The van der Waals surface area contributed by atoms with Gasteiger partial charge in [-0.1, -0.05) is 6.92 Å². The van der Waals surface area contributed by atoms with Gasteiger partial charge >= 0.3 is 5.63 Å². The van der Waals surface area contributed by atoms with E-state index in [1.165, 1.54) is 6.07 Å². The predicted octanol–water partition coefficient (Wildman–Crippen LogP) is 4.00. The molecule has 0 radical (unpaired) electrons. The van der Waals surface area contributed by atoms with Crippen LogP contribution in [0.25, 0.3) is 11.0 Å². The number of ether oxygens (including phenoxy) is 1. The van der Waals surface area contributed by atoms with Crippen molar-refractivity contribution in [1.82, 2.24) is 9.78 Å². The minimum atomic E-state index is -0.593. The smallest absolute Gasteiger partial charge is 0.337 e. The number of hydrogen-bond acceptors (Lipinski definition) is 5. The Morgan fingerprint density at radius 2 is 2.04 bits per heavy atom. The Hall–Kier alpha value is -3.09. The number of nitrogens with one attached hydrogen (secondary N) is 1. The van der Waals surface area contributed by atoms with E-state index in [9.17, 15) is 9.59 Å². The molecular formula is C20H23N3O4. The van der Waals surface area contributed by atoms with Crippen LogP contribution in [0.2, 0.25) is 0 Å². The van der Waals surface area contributed by atoms with Crippen molar-refractivity contribution in [2.45, 2.75) is 46.3 Å². The second kappa shape index (κ2) is 7.65. The summed E-state index contributed by atoms with van der Waals surface area (Å²) in [6.07, 6.45) is 2.50. The molecule has 2 aromatic heterocycles. The van der Waals surface area contributed by atoms with Crippen molar-refractivity contribution >= 4 is 22.7 Å². The molecule has 3 aromatic rings. The van der Waals surface area contributed by atoms with Crippen LogP contribution < -0.4 is 15.7 Å². The number of anilines is 1. The van der Waals surface area contributed by atoms with Crippen molar-refractivity contribution in [1.29, 1.82) is 0 Å². The molecule has 0 aliphatic heterocycles. The van der Waals surface area contributed by atoms with E-state index >= 15 is 0 Å². The lowest BCUT2D eigenvalue weighted by atomic mass is 10.1. The maximum atomic E-state index is 12.8. The van der Waals surface area contributed by atoms with Gasteiger partial charge in [0.1, 0.15) is 17.2 Å². The highest BCUT2D eigenvalue weighted by Crippen LogP contribution is 2.24. The van der Waals surface area contributed by atoms with Crippen LogP contribution in [0.5, 0.6) is 5.75 Å². The first-order valence-corrected chi connectivity index (χ1v) is 8.98. The average molecular weight is 369 g/mol. The zero-order chi connectivity index (χ0) is 19.6. The molecule has 0 aliphatic carbocycles. The molecule has 0 bridgehead atoms. The maximum absolute atomic E-state index is 12.8. The highest BCUT2D eigenvalue weighted by Gasteiger charge is 2.17. The summed E-state index contributed by atoms with van der Waals surface area (Å²) in [6.45, 7) is 7.88. The van der Waals surface area contributed by atoms with Crippen LogP contribution in [-0.2, 0) is 0 Å². The van der Waals surface area contributed by atoms with Gasteiger partial charge in [-0.15, -0.1) is 0 Å². The lowest BCUT2D eigenvalue weighted by Crippen LogP contribution is -2.19. The molecule has 7 heteroatoms. The quantitative estimate of drug-likeness (QED) is 0.664. The molecule has 0 fully saturated rings. The highest BCUT2D eigenvalue weighted by molar-refractivity contribution is 6.11. The molecule has 1 atom stereocenters. The van der Waals surface area contributed by atoms with Crippen molar-refractivity contribution in [2.24, 2.45) is 0 Å². The van der Waals surface area contributed by atoms with Crippen LogP contribution in [0.3, 0.4) is 0 Å². The molecule has 1 unspecified atom stereocenters. The van der Waals surface area contributed by atoms with Crippen molar-refractivity contribution < 1.29 is 13.9 Å². The number of fused-ring (bicyclic) bond motifs is 1. The van der Waals surface area contributed by atoms with Crippen LogP contribution in [0.15, 0.2) is 45.7 Å². The van der Waals surface area contributed by atoms with Crippen LogP contribution in [0.1, 0.15) is 50.5 Å². The highest BCUT2D eigenvalue weighted by atomic mass is 16.5. The van der Waals surface area contributed by atoms with E-state index in [0.717, 1.165) is 6.42 Å². The fourth-order valence-electron chi connectivity index (χ4n) is 2.80. The molecule has 142 valence electrons. The van der Waals surface area contributed by atoms with E-state index in [2.05, 4.69) is 10.4 Å². The minimum Gasteiger partial charge on any atom is -0.491 e. The summed E-state index contributed by atoms with van der Waals surface area (Å²) >= 11 is 0. The molecule has 3 rings (SSSR count). The molecule has 27 heavy (non-hydrogen) atoms. The first-order valence-electron chi connectivity index (χ1n) is 8.98. The zero-order valence-electron chi connectivity index (χ0n) is 15.9. The van der Waals surface area contributed by atoms with E-state index in [1.54, 1.807) is 35.1 Å². The van der Waals surface area contributed by atoms with Gasteiger partial charge in [-0.3, -0.25) is 4.79 Å². The van der Waals surface area contributed by atoms with Gasteiger partial charge < -0.3 is 14.5 Å². The van der Waals surface area contributed by atoms with Gasteiger partial charge in [0.05, 0.1) is 23.9 Å². The van der Waals surface area contributed by atoms with E-state index < -0.39 is 11.5 Å². The van der Waals surface area contributed by atoms with Gasteiger partial charge in [0.25, 0.3) is 5.91 Å². The minimum absolute atomic E-state index is 0.0125. The fourth-order valence-corrected chi connectivity index (χ4v) is 2.80. The van der Waals surface area contributed by atoms with Gasteiger partial charge in [-0.05, 0) is 39.3 Å². The molecule has 1 amide bonds. The Balaban J connectivity index is 1.97. The molecule has 0 saturated heterocycles. The number of hydrogen-bond donors (Lipinski definition) is 1. The Kier molecular flexibility index (Phi) is 5.30. The van der Waals surface area contributed by atoms with Crippen molar-refractivity contribution in [2.75, 3.05) is 5.32 Å². The molecule has 7 nitrogen and oxygen atoms in total. The lowest BCUT2D eigenvalue weighted by Gasteiger charge is -2.15. The van der Waals surface area contributed by atoms with Gasteiger partial charge in [0.2, 0.25) is 0 Å². The number of nitrogens with zero attached hydrogens (tertiary/aromatic N) is 2. The second-order valence-corrected chi connectivity index (χ2v) is 6.68. The summed E-state index contributed by atoms with van der Waals surface area (Å²) in [5.74, 6) is 0.763. The van der Waals surface area contributed by atoms with Crippen LogP contribution in [0.4, 0.5) is 5.82 Å². The van der Waals surface area contributed by atoms with Gasteiger partial charge in [-0.2, -0.15) is 5.10 Å². The fraction of sp³-hybridized carbons (Fsp3) is 0.350. The molecule has 2 heterocycles. The third kappa shape index (κ3) is 4.02. The number of carbonyl (C=O) groups is 1. The summed E-state index contributed by atoms with van der Waals surface area (Å²) in [7, 11) is 0. The Bertz CT molecular complexity index is 1020. The van der Waals surface area contributed by atoms with Crippen molar-refractivity contribution in [3.8, 4) is 5.75 Å². The van der Waals surface area contributed by atoms with Gasteiger partial charge in [0.15, 0.2) is 0 Å². The predicted molar refractivity (Wildman–Crippen MR) is 103 cm³/mol. The Morgan fingerprint density at radius 3 is 2.74 bits per heavy atom. The summed E-state index contributed by atoms with van der Waals surface area (Å²) in [4.78, 5) is 24.8. The van der Waals surface area contributed by atoms with Crippen LogP contribution >= 0.6 is 0 Å². The number of carbonyl (C=O) groups excluding carboxylic acids is 1. The zero-order valence-corrected chi connectivity index (χ0v) is 15.9. The van der Waals surface area contributed by atoms with E-state index in [-0.39, 0.29) is 17.7 Å². The van der Waals surface area contributed by atoms with Crippen molar-refractivity contribution in [3.05, 3.63) is 52.5 Å². The third-order valence-corrected chi connectivity index (χ3v) is 4.25. The summed E-state index contributed by atoms with van der Waals surface area (Å²) in [5, 5.41) is 7.64. The van der Waals surface area contributed by atoms with Crippen LogP contribution in [0, 0.1) is 0 Å². The first kappa shape index (κ1) is 18.7. The number of amides is 1. The second-order valence-electron chi connectivity index (χ2n) is 6.68. The van der Waals surface area contributed by atoms with E-state index in [4.69, 9.17) is 9.15 Å². The van der Waals surface area contributed by atoms with Gasteiger partial charge in [0, 0.05) is 23.6 Å². The SMILES string of the molecule is CCC(C)n1nccc1NC(=O)c1cc(=O)oc2cc(OC(C)C)ccc12. The molecule has 0 aliphatic rings. The van der Waals surface area contributed by atoms with E-state index in [1.807, 2.05) is 27.7 Å². The number of benzene rings is 1. The molecule has 1 aromatic carbocycles. The summed E-state index contributed by atoms with van der Waals surface area (Å²) in [6, 6.07) is 8.16. The first-order chi connectivity index (χ1) is 12.9. The largest absolute Gasteiger partial charge is 0.491 e. The van der Waals surface area contributed by atoms with E-state index in [0.29, 0.717) is 22.5 Å². The summed E-state index contributed by atoms with van der Waals surface area (Å²) in [5.41, 5.74) is -0.0414. The monoisotopic (exact) mass is 369 g/mol. The Morgan fingerprint density at radius 1 is 1.26 bits per heavy atom. The van der Waals surface area contributed by atoms with Crippen molar-refractivity contribution in [3.63, 3.8) is 0 Å². The third-order valence-electron chi connectivity index (χ3n) is 4.25. The number of rotatable bonds is 6. The van der Waals surface area contributed by atoms with Gasteiger partial charge in [-0.25, -0.2) is 9.48 Å². The lowest BCUT2D eigenvalue weighted by molar-refractivity contribution is 0.102. The normalized spacial score (nSPS) is 12.3. The van der Waals surface area contributed by atoms with Crippen LogP contribution in [-0.4, -0.2) is 21.8 Å². The molecule has 0 spiro atoms. The average Bonchev–Trinajstić information content (AvgIpc) is 3.07. The topological polar surface area (TPSA) is 86.4 Å². The summed E-state index contributed by atoms with van der Waals surface area (Å²) < 4.78 is 12.6. The standard InChI is InChI=1S/C20H23N3O4/c1-5-13(4)23-18(8-9-21-23)22-20(25)16-11-19(24)27-17-10-14(26-12(2)3)6-7-15(16)17/h6-13H,5H2,1-4H3,(H,22,25). The number of aromatic nitrogens is 2.